The van der Waals surface area contributed by atoms with Gasteiger partial charge >= 0.3 is 12.0 Å². The molecule has 0 aromatic heterocycles. The summed E-state index contributed by atoms with van der Waals surface area (Å²) in [5.41, 5.74) is 0.488. The molecule has 22 heavy (non-hydrogen) atoms. The smallest absolute Gasteiger partial charge is 0.335 e. The van der Waals surface area contributed by atoms with Crippen LogP contribution in [-0.4, -0.2) is 46.5 Å². The van der Waals surface area contributed by atoms with Gasteiger partial charge in [0.2, 0.25) is 5.91 Å². The summed E-state index contributed by atoms with van der Waals surface area (Å²) in [7, 11) is 0. The van der Waals surface area contributed by atoms with E-state index < -0.39 is 12.0 Å². The van der Waals surface area contributed by atoms with Gasteiger partial charge in [0.15, 0.2) is 0 Å². The first-order valence-electron chi connectivity index (χ1n) is 7.07. The van der Waals surface area contributed by atoms with E-state index in [2.05, 4.69) is 10.6 Å². The summed E-state index contributed by atoms with van der Waals surface area (Å²) in [4.78, 5) is 36.3. The van der Waals surface area contributed by atoms with E-state index in [1.165, 1.54) is 12.1 Å². The van der Waals surface area contributed by atoms with E-state index in [4.69, 9.17) is 5.11 Å². The molecule has 7 heteroatoms. The molecule has 3 N–H and O–H groups in total. The molecule has 1 aliphatic rings. The standard InChI is InChI=1S/C15H19N3O4/c1-9(2)18-8-12(7-13(18)19)17-15(22)16-11-5-3-4-10(6-11)14(20)21/h3-6,9,12H,7-8H2,1-2H3,(H,20,21)(H2,16,17,22). The second-order valence-electron chi connectivity index (χ2n) is 5.53. The van der Waals surface area contributed by atoms with Crippen LogP contribution in [0.1, 0.15) is 30.6 Å². The van der Waals surface area contributed by atoms with Gasteiger partial charge < -0.3 is 20.6 Å². The molecule has 7 nitrogen and oxygen atoms in total. The van der Waals surface area contributed by atoms with Crippen molar-refractivity contribution in [3.8, 4) is 0 Å². The molecule has 0 bridgehead atoms. The van der Waals surface area contributed by atoms with Crippen molar-refractivity contribution >= 4 is 23.6 Å². The summed E-state index contributed by atoms with van der Waals surface area (Å²) in [6, 6.07) is 5.40. The summed E-state index contributed by atoms with van der Waals surface area (Å²) in [5.74, 6) is -1.04. The number of aromatic carboxylic acids is 1. The summed E-state index contributed by atoms with van der Waals surface area (Å²) in [6.45, 7) is 4.34. The number of hydrogen-bond donors (Lipinski definition) is 3. The Labute approximate surface area is 128 Å². The predicted octanol–water partition coefficient (Wildman–Crippen LogP) is 1.52. The molecule has 1 aromatic rings. The van der Waals surface area contributed by atoms with Crippen LogP contribution in [0.5, 0.6) is 0 Å². The quantitative estimate of drug-likeness (QED) is 0.785. The number of nitrogens with zero attached hydrogens (tertiary/aromatic N) is 1. The fraction of sp³-hybridized carbons (Fsp3) is 0.400. The van der Waals surface area contributed by atoms with E-state index in [1.54, 1.807) is 17.0 Å². The van der Waals surface area contributed by atoms with E-state index in [1.807, 2.05) is 13.8 Å². The zero-order valence-electron chi connectivity index (χ0n) is 12.5. The van der Waals surface area contributed by atoms with Gasteiger partial charge in [0.05, 0.1) is 11.6 Å². The number of urea groups is 1. The number of carboxylic acid groups (broad SMARTS) is 1. The lowest BCUT2D eigenvalue weighted by Gasteiger charge is -2.21. The van der Waals surface area contributed by atoms with E-state index in [0.29, 0.717) is 12.2 Å². The molecule has 1 heterocycles. The highest BCUT2D eigenvalue weighted by Gasteiger charge is 2.31. The molecule has 1 saturated heterocycles. The first-order chi connectivity index (χ1) is 10.4. The first kappa shape index (κ1) is 15.8. The van der Waals surface area contributed by atoms with E-state index >= 15 is 0 Å². The zero-order chi connectivity index (χ0) is 16.3. The van der Waals surface area contributed by atoms with Crippen LogP contribution < -0.4 is 10.6 Å². The molecule has 3 amide bonds. The lowest BCUT2D eigenvalue weighted by molar-refractivity contribution is -0.129. The molecule has 1 aliphatic heterocycles. The van der Waals surface area contributed by atoms with E-state index in [0.717, 1.165) is 0 Å². The number of carbonyl (C=O) groups excluding carboxylic acids is 2. The maximum absolute atomic E-state index is 11.9. The van der Waals surface area contributed by atoms with Crippen molar-refractivity contribution in [2.45, 2.75) is 32.4 Å². The van der Waals surface area contributed by atoms with Crippen LogP contribution in [0.4, 0.5) is 10.5 Å². The highest BCUT2D eigenvalue weighted by atomic mass is 16.4. The molecule has 0 aliphatic carbocycles. The third-order valence-corrected chi connectivity index (χ3v) is 3.48. The minimum Gasteiger partial charge on any atom is -0.478 e. The molecule has 0 saturated carbocycles. The Bertz CT molecular complexity index is 600. The van der Waals surface area contributed by atoms with Gasteiger partial charge in [-0.05, 0) is 32.0 Å². The molecule has 0 radical (unpaired) electrons. The number of carboxylic acids is 1. The second-order valence-corrected chi connectivity index (χ2v) is 5.53. The van der Waals surface area contributed by atoms with Crippen molar-refractivity contribution in [3.05, 3.63) is 29.8 Å². The highest BCUT2D eigenvalue weighted by Crippen LogP contribution is 2.15. The number of likely N-dealkylation sites (tertiary alicyclic amines) is 1. The Hall–Kier alpha value is -2.57. The number of benzene rings is 1. The van der Waals surface area contributed by atoms with E-state index in [-0.39, 0.29) is 30.0 Å². The Morgan fingerprint density at radius 1 is 1.36 bits per heavy atom. The normalized spacial score (nSPS) is 17.7. The largest absolute Gasteiger partial charge is 0.478 e. The van der Waals surface area contributed by atoms with Gasteiger partial charge in [0, 0.05) is 24.7 Å². The van der Waals surface area contributed by atoms with Crippen molar-refractivity contribution < 1.29 is 19.5 Å². The van der Waals surface area contributed by atoms with Gasteiger partial charge in [0.25, 0.3) is 0 Å². The van der Waals surface area contributed by atoms with Gasteiger partial charge in [-0.2, -0.15) is 0 Å². The molecule has 2 rings (SSSR count). The molecule has 1 aromatic carbocycles. The Kier molecular flexibility index (Phi) is 4.65. The maximum atomic E-state index is 11.9. The van der Waals surface area contributed by atoms with Gasteiger partial charge in [-0.3, -0.25) is 4.79 Å². The van der Waals surface area contributed by atoms with Crippen LogP contribution in [-0.2, 0) is 4.79 Å². The number of nitrogens with one attached hydrogen (secondary N) is 2. The molecular weight excluding hydrogens is 286 g/mol. The predicted molar refractivity (Wildman–Crippen MR) is 80.8 cm³/mol. The SMILES string of the molecule is CC(C)N1CC(NC(=O)Nc2cccc(C(=O)O)c2)CC1=O. The van der Waals surface area contributed by atoms with Crippen LogP contribution in [0.25, 0.3) is 0 Å². The fourth-order valence-corrected chi connectivity index (χ4v) is 2.41. The fourth-order valence-electron chi connectivity index (χ4n) is 2.41. The molecule has 1 fully saturated rings. The van der Waals surface area contributed by atoms with Crippen LogP contribution in [0.3, 0.4) is 0 Å². The van der Waals surface area contributed by atoms with Crippen LogP contribution in [0.15, 0.2) is 24.3 Å². The zero-order valence-corrected chi connectivity index (χ0v) is 12.5. The van der Waals surface area contributed by atoms with Crippen LogP contribution >= 0.6 is 0 Å². The van der Waals surface area contributed by atoms with Gasteiger partial charge in [0.1, 0.15) is 0 Å². The summed E-state index contributed by atoms with van der Waals surface area (Å²) < 4.78 is 0. The third-order valence-electron chi connectivity index (χ3n) is 3.48. The average Bonchev–Trinajstić information content (AvgIpc) is 2.79. The lowest BCUT2D eigenvalue weighted by Crippen LogP contribution is -2.40. The second kappa shape index (κ2) is 6.46. The number of amides is 3. The van der Waals surface area contributed by atoms with Gasteiger partial charge in [-0.1, -0.05) is 6.07 Å². The van der Waals surface area contributed by atoms with Gasteiger partial charge in [-0.15, -0.1) is 0 Å². The van der Waals surface area contributed by atoms with Gasteiger partial charge in [-0.25, -0.2) is 9.59 Å². The maximum Gasteiger partial charge on any atom is 0.335 e. The Morgan fingerprint density at radius 2 is 2.09 bits per heavy atom. The minimum absolute atomic E-state index is 0.0215. The highest BCUT2D eigenvalue weighted by molar-refractivity contribution is 5.93. The third kappa shape index (κ3) is 3.75. The Morgan fingerprint density at radius 3 is 2.68 bits per heavy atom. The van der Waals surface area contributed by atoms with Crippen molar-refractivity contribution in [2.75, 3.05) is 11.9 Å². The number of rotatable bonds is 4. The summed E-state index contributed by atoms with van der Waals surface area (Å²) in [5, 5.41) is 14.2. The number of carbonyl (C=O) groups is 3. The van der Waals surface area contributed by atoms with E-state index in [9.17, 15) is 14.4 Å². The van der Waals surface area contributed by atoms with Crippen LogP contribution in [0, 0.1) is 0 Å². The first-order valence-corrected chi connectivity index (χ1v) is 7.07. The topological polar surface area (TPSA) is 98.7 Å². The van der Waals surface area contributed by atoms with Crippen molar-refractivity contribution in [1.29, 1.82) is 0 Å². The number of hydrogen-bond acceptors (Lipinski definition) is 3. The molecule has 1 atom stereocenters. The molecule has 0 spiro atoms. The molecule has 1 unspecified atom stereocenters. The van der Waals surface area contributed by atoms with Crippen molar-refractivity contribution in [1.82, 2.24) is 10.2 Å². The molecule has 118 valence electrons. The van der Waals surface area contributed by atoms with Crippen molar-refractivity contribution in [2.24, 2.45) is 0 Å². The molecular formula is C15H19N3O4. The summed E-state index contributed by atoms with van der Waals surface area (Å²) in [6.07, 6.45) is 0.279. The minimum atomic E-state index is -1.06. The van der Waals surface area contributed by atoms with Crippen molar-refractivity contribution in [3.63, 3.8) is 0 Å². The monoisotopic (exact) mass is 305 g/mol. The Balaban J connectivity index is 1.93. The average molecular weight is 305 g/mol. The van der Waals surface area contributed by atoms with Crippen LogP contribution in [0.2, 0.25) is 0 Å². The lowest BCUT2D eigenvalue weighted by atomic mass is 10.2. The summed E-state index contributed by atoms with van der Waals surface area (Å²) >= 11 is 0. The number of anilines is 1.